The third-order valence-corrected chi connectivity index (χ3v) is 2.77. The average molecular weight is 316 g/mol. The van der Waals surface area contributed by atoms with Crippen molar-refractivity contribution < 1.29 is 19.6 Å². The Labute approximate surface area is 130 Å². The zero-order chi connectivity index (χ0) is 16.8. The lowest BCUT2D eigenvalue weighted by Crippen LogP contribution is -2.33. The molecule has 2 aromatic carbocycles. The molecule has 0 aliphatic carbocycles. The number of non-ortho nitro benzene ring substituents is 1. The van der Waals surface area contributed by atoms with Crippen LogP contribution in [0.4, 0.5) is 21.9 Å². The number of hydrogen-bond acceptors (Lipinski definition) is 5. The Morgan fingerprint density at radius 2 is 1.74 bits per heavy atom. The number of carboxylic acid groups (broad SMARTS) is 1. The van der Waals surface area contributed by atoms with Crippen LogP contribution >= 0.6 is 0 Å². The molecule has 0 aliphatic heterocycles. The first-order valence-electron chi connectivity index (χ1n) is 6.36. The molecule has 2 amide bonds. The van der Waals surface area contributed by atoms with Crippen LogP contribution in [0.5, 0.6) is 0 Å². The number of benzene rings is 2. The van der Waals surface area contributed by atoms with E-state index in [4.69, 9.17) is 5.11 Å². The molecule has 0 bridgehead atoms. The maximum absolute atomic E-state index is 11.7. The Bertz CT molecular complexity index is 745. The summed E-state index contributed by atoms with van der Waals surface area (Å²) >= 11 is 0. The van der Waals surface area contributed by atoms with Gasteiger partial charge in [0.2, 0.25) is 0 Å². The van der Waals surface area contributed by atoms with E-state index in [9.17, 15) is 19.7 Å². The third-order valence-electron chi connectivity index (χ3n) is 2.77. The van der Waals surface area contributed by atoms with Crippen LogP contribution in [0.15, 0.2) is 48.5 Å². The van der Waals surface area contributed by atoms with E-state index in [1.54, 1.807) is 0 Å². The van der Waals surface area contributed by atoms with E-state index in [2.05, 4.69) is 16.2 Å². The minimum Gasteiger partial charge on any atom is -0.478 e. The van der Waals surface area contributed by atoms with Crippen LogP contribution in [0.25, 0.3) is 0 Å². The summed E-state index contributed by atoms with van der Waals surface area (Å²) in [5, 5.41) is 21.8. The van der Waals surface area contributed by atoms with Crippen LogP contribution in [0, 0.1) is 10.1 Å². The molecule has 2 aromatic rings. The number of nitrogens with one attached hydrogen (secondary N) is 3. The number of anilines is 2. The molecule has 0 aliphatic rings. The standard InChI is InChI=1S/C14H12N4O5/c19-13(20)9-4-6-10(7-5-9)16-17-14(21)15-11-2-1-3-12(8-11)18(22)23/h1-8,16H,(H,19,20)(H2,15,17,21). The number of hydrogen-bond donors (Lipinski definition) is 4. The smallest absolute Gasteiger partial charge is 0.337 e. The quantitative estimate of drug-likeness (QED) is 0.494. The Kier molecular flexibility index (Phi) is 4.72. The van der Waals surface area contributed by atoms with E-state index in [0.717, 1.165) is 0 Å². The molecule has 0 unspecified atom stereocenters. The van der Waals surface area contributed by atoms with Gasteiger partial charge in [0, 0.05) is 17.8 Å². The van der Waals surface area contributed by atoms with E-state index in [-0.39, 0.29) is 16.9 Å². The summed E-state index contributed by atoms with van der Waals surface area (Å²) < 4.78 is 0. The van der Waals surface area contributed by atoms with Gasteiger partial charge in [0.25, 0.3) is 5.69 Å². The van der Waals surface area contributed by atoms with Gasteiger partial charge in [-0.25, -0.2) is 9.59 Å². The fourth-order valence-corrected chi connectivity index (χ4v) is 1.68. The van der Waals surface area contributed by atoms with Crippen molar-refractivity contribution in [2.45, 2.75) is 0 Å². The molecule has 0 aromatic heterocycles. The lowest BCUT2D eigenvalue weighted by molar-refractivity contribution is -0.384. The summed E-state index contributed by atoms with van der Waals surface area (Å²) in [6.45, 7) is 0. The predicted molar refractivity (Wildman–Crippen MR) is 82.3 cm³/mol. The molecule has 23 heavy (non-hydrogen) atoms. The molecular formula is C14H12N4O5. The van der Waals surface area contributed by atoms with Crippen LogP contribution in [0.1, 0.15) is 10.4 Å². The summed E-state index contributed by atoms with van der Waals surface area (Å²) in [7, 11) is 0. The monoisotopic (exact) mass is 316 g/mol. The molecule has 118 valence electrons. The molecule has 0 saturated carbocycles. The predicted octanol–water partition coefficient (Wildman–Crippen LogP) is 2.44. The number of carboxylic acids is 1. The first kappa shape index (κ1) is 15.8. The SMILES string of the molecule is O=C(NNc1ccc(C(=O)O)cc1)Nc1cccc([N+](=O)[O-])c1. The number of aromatic carboxylic acids is 1. The van der Waals surface area contributed by atoms with Crippen LogP contribution in [0.2, 0.25) is 0 Å². The summed E-state index contributed by atoms with van der Waals surface area (Å²) in [4.78, 5) is 32.5. The van der Waals surface area contributed by atoms with Gasteiger partial charge in [-0.2, -0.15) is 0 Å². The second-order valence-electron chi connectivity index (χ2n) is 4.39. The molecule has 0 saturated heterocycles. The van der Waals surface area contributed by atoms with E-state index >= 15 is 0 Å². The van der Waals surface area contributed by atoms with Gasteiger partial charge < -0.3 is 10.4 Å². The van der Waals surface area contributed by atoms with Gasteiger partial charge in [0.05, 0.1) is 16.2 Å². The number of carbonyl (C=O) groups is 2. The number of urea groups is 1. The van der Waals surface area contributed by atoms with Gasteiger partial charge in [0.15, 0.2) is 0 Å². The first-order valence-corrected chi connectivity index (χ1v) is 6.36. The number of carbonyl (C=O) groups excluding carboxylic acids is 1. The summed E-state index contributed by atoms with van der Waals surface area (Å²) in [5.41, 5.74) is 5.63. The van der Waals surface area contributed by atoms with Crippen molar-refractivity contribution in [3.8, 4) is 0 Å². The van der Waals surface area contributed by atoms with Crippen LogP contribution in [0.3, 0.4) is 0 Å². The van der Waals surface area contributed by atoms with E-state index in [0.29, 0.717) is 5.69 Å². The normalized spacial score (nSPS) is 9.74. The number of amides is 2. The second-order valence-corrected chi connectivity index (χ2v) is 4.39. The maximum Gasteiger partial charge on any atom is 0.337 e. The molecule has 9 nitrogen and oxygen atoms in total. The van der Waals surface area contributed by atoms with Gasteiger partial charge in [0.1, 0.15) is 0 Å². The topological polar surface area (TPSA) is 134 Å². The summed E-state index contributed by atoms with van der Waals surface area (Å²) in [6, 6.07) is 10.6. The first-order chi connectivity index (χ1) is 11.0. The molecule has 0 radical (unpaired) electrons. The molecule has 0 fully saturated rings. The Morgan fingerprint density at radius 1 is 1.04 bits per heavy atom. The zero-order valence-corrected chi connectivity index (χ0v) is 11.6. The average Bonchev–Trinajstić information content (AvgIpc) is 2.53. The number of rotatable bonds is 5. The van der Waals surface area contributed by atoms with Crippen LogP contribution < -0.4 is 16.2 Å². The van der Waals surface area contributed by atoms with Crippen molar-refractivity contribution >= 4 is 29.1 Å². The highest BCUT2D eigenvalue weighted by atomic mass is 16.6. The van der Waals surface area contributed by atoms with Gasteiger partial charge in [-0.1, -0.05) is 6.07 Å². The third kappa shape index (κ3) is 4.43. The highest BCUT2D eigenvalue weighted by Gasteiger charge is 2.08. The van der Waals surface area contributed by atoms with Gasteiger partial charge in [-0.15, -0.1) is 0 Å². The van der Waals surface area contributed by atoms with Crippen molar-refractivity contribution in [1.29, 1.82) is 0 Å². The molecule has 0 atom stereocenters. The van der Waals surface area contributed by atoms with E-state index in [1.165, 1.54) is 48.5 Å². The molecular weight excluding hydrogens is 304 g/mol. The number of nitro groups is 1. The van der Waals surface area contributed by atoms with Crippen molar-refractivity contribution in [3.05, 3.63) is 64.2 Å². The van der Waals surface area contributed by atoms with Crippen molar-refractivity contribution in [2.24, 2.45) is 0 Å². The fourth-order valence-electron chi connectivity index (χ4n) is 1.68. The van der Waals surface area contributed by atoms with Crippen molar-refractivity contribution in [3.63, 3.8) is 0 Å². The van der Waals surface area contributed by atoms with Gasteiger partial charge >= 0.3 is 12.0 Å². The van der Waals surface area contributed by atoms with Crippen LogP contribution in [-0.2, 0) is 0 Å². The van der Waals surface area contributed by atoms with E-state index in [1.807, 2.05) is 0 Å². The minimum atomic E-state index is -1.05. The molecule has 0 spiro atoms. The summed E-state index contributed by atoms with van der Waals surface area (Å²) in [6.07, 6.45) is 0. The minimum absolute atomic E-state index is 0.122. The Balaban J connectivity index is 1.91. The highest BCUT2D eigenvalue weighted by Crippen LogP contribution is 2.16. The van der Waals surface area contributed by atoms with Gasteiger partial charge in [-0.05, 0) is 30.3 Å². The molecule has 4 N–H and O–H groups in total. The van der Waals surface area contributed by atoms with Crippen LogP contribution in [-0.4, -0.2) is 22.0 Å². The van der Waals surface area contributed by atoms with Gasteiger partial charge in [-0.3, -0.25) is 21.0 Å². The molecule has 9 heteroatoms. The zero-order valence-electron chi connectivity index (χ0n) is 11.6. The molecule has 0 heterocycles. The Hall–Kier alpha value is -3.62. The summed E-state index contributed by atoms with van der Waals surface area (Å²) in [5.74, 6) is -1.05. The maximum atomic E-state index is 11.7. The lowest BCUT2D eigenvalue weighted by atomic mass is 10.2. The number of hydrazine groups is 1. The fraction of sp³-hybridized carbons (Fsp3) is 0. The largest absolute Gasteiger partial charge is 0.478 e. The number of nitro benzene ring substituents is 1. The molecule has 2 rings (SSSR count). The highest BCUT2D eigenvalue weighted by molar-refractivity contribution is 5.90. The number of nitrogens with zero attached hydrogens (tertiary/aromatic N) is 1. The van der Waals surface area contributed by atoms with E-state index < -0.39 is 16.9 Å². The lowest BCUT2D eigenvalue weighted by Gasteiger charge is -2.10. The second kappa shape index (κ2) is 6.89. The van der Waals surface area contributed by atoms with Crippen molar-refractivity contribution in [2.75, 3.05) is 10.7 Å². The van der Waals surface area contributed by atoms with Crippen molar-refractivity contribution in [1.82, 2.24) is 5.43 Å². The Morgan fingerprint density at radius 3 is 2.35 bits per heavy atom.